The second kappa shape index (κ2) is 7.81. The Labute approximate surface area is 154 Å². The molecular weight excluding hydrogens is 382 g/mol. The van der Waals surface area contributed by atoms with Crippen LogP contribution in [-0.2, 0) is 0 Å². The van der Waals surface area contributed by atoms with E-state index in [0.717, 1.165) is 15.9 Å². The Morgan fingerprint density at radius 3 is 2.72 bits per heavy atom. The van der Waals surface area contributed by atoms with E-state index in [4.69, 9.17) is 4.74 Å². The number of carbonyl (C=O) groups is 1. The third-order valence-corrected chi connectivity index (χ3v) is 4.08. The van der Waals surface area contributed by atoms with Crippen molar-refractivity contribution in [3.8, 4) is 11.4 Å². The highest BCUT2D eigenvalue weighted by atomic mass is 79.9. The molecule has 0 saturated carbocycles. The van der Waals surface area contributed by atoms with Gasteiger partial charge < -0.3 is 9.30 Å². The number of aromatic nitrogens is 1. The summed E-state index contributed by atoms with van der Waals surface area (Å²) < 4.78 is 7.99. The number of halogens is 1. The molecule has 3 rings (SSSR count). The Morgan fingerprint density at radius 2 is 1.96 bits per heavy atom. The zero-order valence-electron chi connectivity index (χ0n) is 13.5. The van der Waals surface area contributed by atoms with Crippen molar-refractivity contribution in [2.24, 2.45) is 5.10 Å². The molecule has 0 aliphatic carbocycles. The van der Waals surface area contributed by atoms with Crippen molar-refractivity contribution in [2.75, 3.05) is 7.11 Å². The first-order chi connectivity index (χ1) is 12.2. The second-order valence-electron chi connectivity index (χ2n) is 5.18. The topological polar surface area (TPSA) is 55.6 Å². The van der Waals surface area contributed by atoms with Crippen molar-refractivity contribution < 1.29 is 9.53 Å². The molecule has 6 heteroatoms. The molecule has 25 heavy (non-hydrogen) atoms. The Morgan fingerprint density at radius 1 is 1.16 bits per heavy atom. The van der Waals surface area contributed by atoms with Crippen LogP contribution in [0.1, 0.15) is 16.1 Å². The number of nitrogens with zero attached hydrogens (tertiary/aromatic N) is 2. The van der Waals surface area contributed by atoms with Crippen LogP contribution in [0.3, 0.4) is 0 Å². The van der Waals surface area contributed by atoms with Crippen LogP contribution in [0.4, 0.5) is 0 Å². The molecule has 1 aromatic heterocycles. The lowest BCUT2D eigenvalue weighted by molar-refractivity contribution is 0.0952. The Hall–Kier alpha value is -2.86. The van der Waals surface area contributed by atoms with E-state index in [1.54, 1.807) is 18.3 Å². The quantitative estimate of drug-likeness (QED) is 0.522. The van der Waals surface area contributed by atoms with Gasteiger partial charge >= 0.3 is 0 Å². The minimum atomic E-state index is -0.341. The average Bonchev–Trinajstić information content (AvgIpc) is 3.11. The van der Waals surface area contributed by atoms with Gasteiger partial charge in [0.25, 0.3) is 5.91 Å². The SMILES string of the molecule is COc1ccc(Br)cc1C(=O)N/N=C\c1cccn1-c1ccccc1. The van der Waals surface area contributed by atoms with Crippen molar-refractivity contribution in [1.82, 2.24) is 9.99 Å². The van der Waals surface area contributed by atoms with Crippen LogP contribution in [0, 0.1) is 0 Å². The van der Waals surface area contributed by atoms with Gasteiger partial charge in [0.1, 0.15) is 5.75 Å². The molecule has 126 valence electrons. The highest BCUT2D eigenvalue weighted by Gasteiger charge is 2.12. The van der Waals surface area contributed by atoms with Crippen molar-refractivity contribution in [3.05, 3.63) is 82.6 Å². The molecule has 1 amide bonds. The molecule has 3 aromatic rings. The van der Waals surface area contributed by atoms with E-state index in [9.17, 15) is 4.79 Å². The lowest BCUT2D eigenvalue weighted by Gasteiger charge is -2.08. The van der Waals surface area contributed by atoms with Crippen LogP contribution in [0.15, 0.2) is 76.4 Å². The molecule has 0 aliphatic rings. The Balaban J connectivity index is 1.76. The molecule has 0 bridgehead atoms. The normalized spacial score (nSPS) is 10.8. The van der Waals surface area contributed by atoms with Gasteiger partial charge in [0, 0.05) is 16.4 Å². The number of hydrogen-bond acceptors (Lipinski definition) is 3. The first-order valence-corrected chi connectivity index (χ1v) is 8.38. The molecule has 0 atom stereocenters. The van der Waals surface area contributed by atoms with Crippen LogP contribution >= 0.6 is 15.9 Å². The number of benzene rings is 2. The smallest absolute Gasteiger partial charge is 0.275 e. The maximum absolute atomic E-state index is 12.3. The van der Waals surface area contributed by atoms with Crippen LogP contribution in [-0.4, -0.2) is 23.8 Å². The molecule has 0 spiro atoms. The molecule has 0 radical (unpaired) electrons. The van der Waals surface area contributed by atoms with Gasteiger partial charge in [-0.15, -0.1) is 0 Å². The highest BCUT2D eigenvalue weighted by molar-refractivity contribution is 9.10. The van der Waals surface area contributed by atoms with E-state index in [1.165, 1.54) is 7.11 Å². The summed E-state index contributed by atoms with van der Waals surface area (Å²) in [6, 6.07) is 19.0. The standard InChI is InChI=1S/C19H16BrN3O2/c1-25-18-10-9-14(20)12-17(18)19(24)22-21-13-16-8-5-11-23(16)15-6-3-2-4-7-15/h2-13H,1H3,(H,22,24)/b21-13-. The van der Waals surface area contributed by atoms with Gasteiger partial charge in [-0.1, -0.05) is 34.1 Å². The lowest BCUT2D eigenvalue weighted by Crippen LogP contribution is -2.18. The van der Waals surface area contributed by atoms with Crippen LogP contribution in [0.2, 0.25) is 0 Å². The molecule has 1 heterocycles. The van der Waals surface area contributed by atoms with E-state index < -0.39 is 0 Å². The molecule has 1 N–H and O–H groups in total. The molecule has 0 unspecified atom stereocenters. The van der Waals surface area contributed by atoms with Gasteiger partial charge in [-0.3, -0.25) is 4.79 Å². The molecular formula is C19H16BrN3O2. The molecule has 0 saturated heterocycles. The third kappa shape index (κ3) is 3.97. The summed E-state index contributed by atoms with van der Waals surface area (Å²) >= 11 is 3.35. The zero-order chi connectivity index (χ0) is 17.6. The predicted molar refractivity (Wildman–Crippen MR) is 102 cm³/mol. The summed E-state index contributed by atoms with van der Waals surface area (Å²) in [6.45, 7) is 0. The van der Waals surface area contributed by atoms with Gasteiger partial charge in [0.15, 0.2) is 0 Å². The molecule has 5 nitrogen and oxygen atoms in total. The number of methoxy groups -OCH3 is 1. The fraction of sp³-hybridized carbons (Fsp3) is 0.0526. The van der Waals surface area contributed by atoms with Gasteiger partial charge in [-0.25, -0.2) is 5.43 Å². The number of rotatable bonds is 5. The first-order valence-electron chi connectivity index (χ1n) is 7.59. The van der Waals surface area contributed by atoms with Gasteiger partial charge in [-0.2, -0.15) is 5.10 Å². The van der Waals surface area contributed by atoms with Crippen LogP contribution in [0.5, 0.6) is 5.75 Å². The summed E-state index contributed by atoms with van der Waals surface area (Å²) in [6.07, 6.45) is 3.55. The monoisotopic (exact) mass is 397 g/mol. The van der Waals surface area contributed by atoms with Crippen molar-refractivity contribution in [1.29, 1.82) is 0 Å². The van der Waals surface area contributed by atoms with Crippen molar-refractivity contribution >= 4 is 28.1 Å². The minimum Gasteiger partial charge on any atom is -0.496 e. The number of nitrogens with one attached hydrogen (secondary N) is 1. The largest absolute Gasteiger partial charge is 0.496 e. The van der Waals surface area contributed by atoms with E-state index in [1.807, 2.05) is 59.3 Å². The van der Waals surface area contributed by atoms with Gasteiger partial charge in [-0.05, 0) is 42.5 Å². The van der Waals surface area contributed by atoms with E-state index in [0.29, 0.717) is 11.3 Å². The summed E-state index contributed by atoms with van der Waals surface area (Å²) in [4.78, 5) is 12.3. The van der Waals surface area contributed by atoms with Gasteiger partial charge in [0.05, 0.1) is 24.6 Å². The molecule has 2 aromatic carbocycles. The fourth-order valence-corrected chi connectivity index (χ4v) is 2.76. The number of ether oxygens (including phenoxy) is 1. The predicted octanol–water partition coefficient (Wildman–Crippen LogP) is 4.01. The Kier molecular flexibility index (Phi) is 5.30. The summed E-state index contributed by atoms with van der Waals surface area (Å²) in [5, 5.41) is 4.07. The average molecular weight is 398 g/mol. The molecule has 0 fully saturated rings. The van der Waals surface area contributed by atoms with Gasteiger partial charge in [0.2, 0.25) is 0 Å². The lowest BCUT2D eigenvalue weighted by atomic mass is 10.2. The maximum atomic E-state index is 12.3. The number of amides is 1. The summed E-state index contributed by atoms with van der Waals surface area (Å²) in [5.74, 6) is 0.149. The Bertz CT molecular complexity index is 904. The number of para-hydroxylation sites is 1. The van der Waals surface area contributed by atoms with E-state index in [-0.39, 0.29) is 5.91 Å². The van der Waals surface area contributed by atoms with E-state index in [2.05, 4.69) is 26.5 Å². The zero-order valence-corrected chi connectivity index (χ0v) is 15.1. The third-order valence-electron chi connectivity index (χ3n) is 3.58. The molecule has 0 aliphatic heterocycles. The van der Waals surface area contributed by atoms with Crippen molar-refractivity contribution in [3.63, 3.8) is 0 Å². The van der Waals surface area contributed by atoms with Crippen LogP contribution < -0.4 is 10.2 Å². The number of carbonyl (C=O) groups excluding carboxylic acids is 1. The van der Waals surface area contributed by atoms with Crippen molar-refractivity contribution in [2.45, 2.75) is 0 Å². The summed E-state index contributed by atoms with van der Waals surface area (Å²) in [5.41, 5.74) is 4.82. The van der Waals surface area contributed by atoms with E-state index >= 15 is 0 Å². The number of hydrogen-bond donors (Lipinski definition) is 1. The summed E-state index contributed by atoms with van der Waals surface area (Å²) in [7, 11) is 1.52. The maximum Gasteiger partial charge on any atom is 0.275 e. The van der Waals surface area contributed by atoms with Crippen LogP contribution in [0.25, 0.3) is 5.69 Å². The fourth-order valence-electron chi connectivity index (χ4n) is 2.40. The minimum absolute atomic E-state index is 0.341. The first kappa shape index (κ1) is 17.0. The highest BCUT2D eigenvalue weighted by Crippen LogP contribution is 2.22. The second-order valence-corrected chi connectivity index (χ2v) is 6.10. The number of hydrazone groups is 1.